The molecular formula is C38H60N4. The molecule has 4 nitrogen and oxygen atoms in total. The molecule has 42 heavy (non-hydrogen) atoms. The van der Waals surface area contributed by atoms with Crippen molar-refractivity contribution < 1.29 is 0 Å². The fraction of sp³-hybridized carbons (Fsp3) is 0.605. The summed E-state index contributed by atoms with van der Waals surface area (Å²) >= 11 is 0. The van der Waals surface area contributed by atoms with Gasteiger partial charge in [0.05, 0.1) is 17.8 Å². The molecule has 3 rings (SSSR count). The number of hydrogen-bond donors (Lipinski definition) is 2. The van der Waals surface area contributed by atoms with Gasteiger partial charge in [-0.3, -0.25) is 0 Å². The van der Waals surface area contributed by atoms with Crippen LogP contribution in [-0.4, -0.2) is 9.55 Å². The van der Waals surface area contributed by atoms with E-state index in [2.05, 4.69) is 150 Å². The molecule has 0 saturated heterocycles. The first kappa shape index (κ1) is 33.7. The summed E-state index contributed by atoms with van der Waals surface area (Å²) in [6, 6.07) is 9.80. The largest absolute Gasteiger partial charge is 0.376 e. The molecule has 2 unspecified atom stereocenters. The fourth-order valence-electron chi connectivity index (χ4n) is 5.93. The molecule has 0 amide bonds. The van der Waals surface area contributed by atoms with Crippen LogP contribution in [0.25, 0.3) is 0 Å². The lowest BCUT2D eigenvalue weighted by molar-refractivity contribution is 0.711. The molecule has 1 heterocycles. The van der Waals surface area contributed by atoms with E-state index in [1.165, 1.54) is 44.8 Å². The lowest BCUT2D eigenvalue weighted by atomic mass is 9.87. The van der Waals surface area contributed by atoms with E-state index >= 15 is 0 Å². The molecule has 0 radical (unpaired) electrons. The van der Waals surface area contributed by atoms with Gasteiger partial charge in [-0.2, -0.15) is 0 Å². The van der Waals surface area contributed by atoms with Crippen molar-refractivity contribution in [2.45, 2.75) is 145 Å². The zero-order valence-corrected chi connectivity index (χ0v) is 29.4. The van der Waals surface area contributed by atoms with Crippen molar-refractivity contribution >= 4 is 11.4 Å². The van der Waals surface area contributed by atoms with Gasteiger partial charge in [0.15, 0.2) is 0 Å². The number of nitrogens with one attached hydrogen (secondary N) is 2. The minimum absolute atomic E-state index is 0.0682. The Bertz CT molecular complexity index is 1280. The molecule has 0 saturated carbocycles. The molecular weight excluding hydrogens is 512 g/mol. The van der Waals surface area contributed by atoms with Gasteiger partial charge in [0, 0.05) is 24.6 Å². The highest BCUT2D eigenvalue weighted by Crippen LogP contribution is 2.39. The van der Waals surface area contributed by atoms with Gasteiger partial charge in [-0.15, -0.1) is 0 Å². The third-order valence-electron chi connectivity index (χ3n) is 8.75. The minimum Gasteiger partial charge on any atom is -0.376 e. The Morgan fingerprint density at radius 2 is 0.833 bits per heavy atom. The van der Waals surface area contributed by atoms with Crippen LogP contribution >= 0.6 is 0 Å². The van der Waals surface area contributed by atoms with Crippen molar-refractivity contribution in [1.29, 1.82) is 0 Å². The quantitative estimate of drug-likeness (QED) is 0.227. The van der Waals surface area contributed by atoms with E-state index in [1.54, 1.807) is 0 Å². The Labute approximate surface area is 258 Å². The number of anilines is 2. The second-order valence-corrected chi connectivity index (χ2v) is 14.4. The fourth-order valence-corrected chi connectivity index (χ4v) is 5.93. The van der Waals surface area contributed by atoms with Gasteiger partial charge in [-0.25, -0.2) is 4.98 Å². The molecule has 0 bridgehead atoms. The summed E-state index contributed by atoms with van der Waals surface area (Å²) in [6.07, 6.45) is 2.20. The van der Waals surface area contributed by atoms with Gasteiger partial charge in [-0.1, -0.05) is 107 Å². The van der Waals surface area contributed by atoms with Gasteiger partial charge in [-0.05, 0) is 82.7 Å². The first-order valence-corrected chi connectivity index (χ1v) is 16.4. The van der Waals surface area contributed by atoms with Crippen LogP contribution < -0.4 is 10.6 Å². The normalized spacial score (nSPS) is 13.7. The number of nitrogens with zero attached hydrogens (tertiary/aromatic N) is 2. The van der Waals surface area contributed by atoms with E-state index in [-0.39, 0.29) is 12.1 Å². The molecule has 232 valence electrons. The molecule has 0 spiro atoms. The standard InChI is InChI=1S/C38H60N4/c1-21(2)29-16-31(23(5)6)36(32(17-29)24(7)8)39-27(13)35-20-42(15)38(41-35)28(14)40-37-33(25(9)10)18-30(22(3)4)19-34(37)26(11)12/h16-28,39-40H,1-15H3. The summed E-state index contributed by atoms with van der Waals surface area (Å²) in [5.74, 6) is 3.81. The maximum absolute atomic E-state index is 5.23. The Kier molecular flexibility index (Phi) is 11.0. The highest BCUT2D eigenvalue weighted by Gasteiger charge is 2.24. The second kappa shape index (κ2) is 13.7. The number of rotatable bonds is 12. The van der Waals surface area contributed by atoms with Crippen molar-refractivity contribution in [2.24, 2.45) is 7.05 Å². The summed E-state index contributed by atoms with van der Waals surface area (Å²) in [7, 11) is 2.13. The summed E-state index contributed by atoms with van der Waals surface area (Å²) < 4.78 is 2.20. The highest BCUT2D eigenvalue weighted by molar-refractivity contribution is 5.64. The van der Waals surface area contributed by atoms with Crippen molar-refractivity contribution in [3.63, 3.8) is 0 Å². The topological polar surface area (TPSA) is 41.9 Å². The van der Waals surface area contributed by atoms with Crippen molar-refractivity contribution in [3.8, 4) is 0 Å². The zero-order chi connectivity index (χ0) is 31.6. The van der Waals surface area contributed by atoms with Crippen LogP contribution in [0.15, 0.2) is 30.5 Å². The summed E-state index contributed by atoms with van der Waals surface area (Å²) in [4.78, 5) is 5.23. The first-order chi connectivity index (χ1) is 19.5. The summed E-state index contributed by atoms with van der Waals surface area (Å²) in [5.41, 5.74) is 12.1. The number of hydrogen-bond acceptors (Lipinski definition) is 3. The SMILES string of the molecule is CC(C)c1cc(C(C)C)c(NC(C)c2cn(C)c(C(C)Nc3c(C(C)C)cc(C(C)C)cc3C(C)C)n2)c(C(C)C)c1. The predicted molar refractivity (Wildman–Crippen MR) is 185 cm³/mol. The van der Waals surface area contributed by atoms with Gasteiger partial charge >= 0.3 is 0 Å². The van der Waals surface area contributed by atoms with Crippen LogP contribution in [0.5, 0.6) is 0 Å². The number of imidazole rings is 1. The molecule has 0 fully saturated rings. The van der Waals surface area contributed by atoms with E-state index in [1.807, 2.05) is 0 Å². The van der Waals surface area contributed by atoms with Crippen molar-refractivity contribution in [1.82, 2.24) is 9.55 Å². The monoisotopic (exact) mass is 572 g/mol. The van der Waals surface area contributed by atoms with E-state index in [0.717, 1.165) is 11.5 Å². The maximum Gasteiger partial charge on any atom is 0.131 e. The van der Waals surface area contributed by atoms with Gasteiger partial charge in [0.25, 0.3) is 0 Å². The molecule has 2 N–H and O–H groups in total. The third kappa shape index (κ3) is 7.41. The number of aromatic nitrogens is 2. The predicted octanol–water partition coefficient (Wildman–Crippen LogP) is 11.5. The molecule has 1 aromatic heterocycles. The third-order valence-corrected chi connectivity index (χ3v) is 8.75. The average molecular weight is 573 g/mol. The van der Waals surface area contributed by atoms with Gasteiger partial charge in [0.2, 0.25) is 0 Å². The first-order valence-electron chi connectivity index (χ1n) is 16.4. The average Bonchev–Trinajstić information content (AvgIpc) is 3.29. The van der Waals surface area contributed by atoms with Crippen molar-refractivity contribution in [2.75, 3.05) is 10.6 Å². The second-order valence-electron chi connectivity index (χ2n) is 14.4. The van der Waals surface area contributed by atoms with Crippen LogP contribution in [0, 0.1) is 0 Å². The van der Waals surface area contributed by atoms with Crippen LogP contribution in [0.2, 0.25) is 0 Å². The molecule has 2 atom stereocenters. The van der Waals surface area contributed by atoms with E-state index in [4.69, 9.17) is 4.98 Å². The number of benzene rings is 2. The molecule has 0 aliphatic carbocycles. The summed E-state index contributed by atoms with van der Waals surface area (Å²) in [5, 5.41) is 7.85. The molecule has 3 aromatic rings. The smallest absolute Gasteiger partial charge is 0.131 e. The van der Waals surface area contributed by atoms with Crippen LogP contribution in [0.1, 0.15) is 189 Å². The Morgan fingerprint density at radius 1 is 0.500 bits per heavy atom. The van der Waals surface area contributed by atoms with E-state index < -0.39 is 0 Å². The van der Waals surface area contributed by atoms with Crippen LogP contribution in [-0.2, 0) is 7.05 Å². The number of aryl methyl sites for hydroxylation is 1. The van der Waals surface area contributed by atoms with Crippen LogP contribution in [0.3, 0.4) is 0 Å². The Hall–Kier alpha value is -2.75. The lowest BCUT2D eigenvalue weighted by Crippen LogP contribution is -2.16. The Morgan fingerprint density at radius 3 is 1.14 bits per heavy atom. The molecule has 0 aliphatic rings. The Balaban J connectivity index is 1.98. The molecule has 0 aliphatic heterocycles. The maximum atomic E-state index is 5.23. The minimum atomic E-state index is 0.0682. The summed E-state index contributed by atoms with van der Waals surface area (Å²) in [6.45, 7) is 32.1. The van der Waals surface area contributed by atoms with E-state index in [0.29, 0.717) is 35.5 Å². The van der Waals surface area contributed by atoms with E-state index in [9.17, 15) is 0 Å². The van der Waals surface area contributed by atoms with Crippen molar-refractivity contribution in [3.05, 3.63) is 75.4 Å². The van der Waals surface area contributed by atoms with Gasteiger partial charge in [0.1, 0.15) is 5.82 Å². The highest BCUT2D eigenvalue weighted by atomic mass is 15.1. The molecule has 2 aromatic carbocycles. The zero-order valence-electron chi connectivity index (χ0n) is 29.4. The van der Waals surface area contributed by atoms with Crippen LogP contribution in [0.4, 0.5) is 11.4 Å². The van der Waals surface area contributed by atoms with Gasteiger partial charge < -0.3 is 15.2 Å². The lowest BCUT2D eigenvalue weighted by Gasteiger charge is -2.26. The molecule has 4 heteroatoms.